The topological polar surface area (TPSA) is 81.7 Å². The average Bonchev–Trinajstić information content (AvgIpc) is 3.28. The zero-order chi connectivity index (χ0) is 17.3. The van der Waals surface area contributed by atoms with E-state index in [0.29, 0.717) is 4.90 Å². The normalized spacial score (nSPS) is 16.7. The molecule has 1 aromatic rings. The Morgan fingerprint density at radius 3 is 2.26 bits per heavy atom. The largest absolute Gasteiger partial charge is 0.439 e. The zero-order valence-corrected chi connectivity index (χ0v) is 14.6. The van der Waals surface area contributed by atoms with Gasteiger partial charge in [0.1, 0.15) is 6.10 Å². The van der Waals surface area contributed by atoms with E-state index in [4.69, 9.17) is 9.78 Å². The van der Waals surface area contributed by atoms with Crippen LogP contribution in [0.3, 0.4) is 0 Å². The highest BCUT2D eigenvalue weighted by molar-refractivity contribution is 7.92. The summed E-state index contributed by atoms with van der Waals surface area (Å²) < 4.78 is 24.2. The van der Waals surface area contributed by atoms with Crippen LogP contribution in [0.2, 0.25) is 0 Å². The Labute approximate surface area is 137 Å². The molecule has 1 N–H and O–H groups in total. The minimum Gasteiger partial charge on any atom is -0.315 e. The molecule has 6 nitrogen and oxygen atoms in total. The summed E-state index contributed by atoms with van der Waals surface area (Å²) in [6.07, 6.45) is 0.302. The third-order valence-corrected chi connectivity index (χ3v) is 5.66. The second kappa shape index (κ2) is 6.49. The van der Waals surface area contributed by atoms with E-state index in [0.717, 1.165) is 18.4 Å². The van der Waals surface area contributed by atoms with Crippen molar-refractivity contribution in [3.05, 3.63) is 29.8 Å². The number of carbonyl (C=O) groups is 1. The Balaban J connectivity index is 1.93. The molecule has 1 saturated carbocycles. The summed E-state index contributed by atoms with van der Waals surface area (Å²) in [6.45, 7) is 7.21. The fourth-order valence-electron chi connectivity index (χ4n) is 2.00. The van der Waals surface area contributed by atoms with E-state index in [1.807, 2.05) is 20.8 Å². The number of carbonyl (C=O) groups excluding carboxylic acids is 1. The van der Waals surface area contributed by atoms with Crippen molar-refractivity contribution < 1.29 is 23.0 Å². The summed E-state index contributed by atoms with van der Waals surface area (Å²) >= 11 is 0. The molecule has 2 rings (SSSR count). The first-order valence-electron chi connectivity index (χ1n) is 7.59. The first kappa shape index (κ1) is 17.7. The highest BCUT2D eigenvalue weighted by atomic mass is 32.2. The van der Waals surface area contributed by atoms with E-state index in [1.165, 1.54) is 0 Å². The Morgan fingerprint density at radius 1 is 1.22 bits per heavy atom. The van der Waals surface area contributed by atoms with Gasteiger partial charge in [-0.05, 0) is 58.2 Å². The van der Waals surface area contributed by atoms with Crippen LogP contribution in [-0.2, 0) is 19.6 Å². The Bertz CT molecular complexity index is 657. The lowest BCUT2D eigenvalue weighted by molar-refractivity contribution is -0.272. The van der Waals surface area contributed by atoms with E-state index in [2.05, 4.69) is 5.32 Å². The van der Waals surface area contributed by atoms with Crippen molar-refractivity contribution in [1.82, 2.24) is 5.32 Å². The smallest absolute Gasteiger partial charge is 0.315 e. The van der Waals surface area contributed by atoms with E-state index < -0.39 is 27.6 Å². The molecule has 1 atom stereocenters. The van der Waals surface area contributed by atoms with Crippen LogP contribution in [0.25, 0.3) is 0 Å². The molecule has 1 aliphatic carbocycles. The van der Waals surface area contributed by atoms with Crippen molar-refractivity contribution in [2.45, 2.75) is 62.3 Å². The second-order valence-corrected chi connectivity index (χ2v) is 9.03. The molecular formula is C16H23NO5S. The van der Waals surface area contributed by atoms with Gasteiger partial charge in [-0.15, -0.1) is 0 Å². The van der Waals surface area contributed by atoms with Gasteiger partial charge in [-0.25, -0.2) is 13.2 Å². The summed E-state index contributed by atoms with van der Waals surface area (Å²) in [6, 6.07) is 6.48. The number of amides is 1. The molecule has 0 aliphatic heterocycles. The maximum Gasteiger partial charge on any atom is 0.439 e. The summed E-state index contributed by atoms with van der Waals surface area (Å²) in [5.41, 5.74) is 0.311. The summed E-state index contributed by atoms with van der Waals surface area (Å²) in [7, 11) is -3.19. The minimum atomic E-state index is -3.19. The predicted octanol–water partition coefficient (Wildman–Crippen LogP) is 3.14. The maximum absolute atomic E-state index is 12.1. The predicted molar refractivity (Wildman–Crippen MR) is 85.5 cm³/mol. The van der Waals surface area contributed by atoms with Gasteiger partial charge in [-0.2, -0.15) is 4.89 Å². The Morgan fingerprint density at radius 2 is 1.78 bits per heavy atom. The lowest BCUT2D eigenvalue weighted by Crippen LogP contribution is -2.41. The van der Waals surface area contributed by atoms with Crippen LogP contribution < -0.4 is 5.32 Å². The van der Waals surface area contributed by atoms with Crippen molar-refractivity contribution >= 4 is 15.9 Å². The molecule has 7 heteroatoms. The van der Waals surface area contributed by atoms with E-state index >= 15 is 0 Å². The maximum atomic E-state index is 12.1. The molecule has 1 unspecified atom stereocenters. The molecule has 23 heavy (non-hydrogen) atoms. The molecule has 0 spiro atoms. The molecule has 1 aromatic carbocycles. The third-order valence-electron chi connectivity index (χ3n) is 3.39. The molecule has 1 aliphatic rings. The highest BCUT2D eigenvalue weighted by Gasteiger charge is 2.36. The van der Waals surface area contributed by atoms with Gasteiger partial charge in [0.25, 0.3) is 0 Å². The summed E-state index contributed by atoms with van der Waals surface area (Å²) in [5, 5.41) is 2.38. The van der Waals surface area contributed by atoms with Crippen molar-refractivity contribution in [2.75, 3.05) is 0 Å². The van der Waals surface area contributed by atoms with Gasteiger partial charge >= 0.3 is 6.09 Å². The van der Waals surface area contributed by atoms with Crippen LogP contribution in [0, 0.1) is 0 Å². The fraction of sp³-hybridized carbons (Fsp3) is 0.562. The minimum absolute atomic E-state index is 0.230. The van der Waals surface area contributed by atoms with Gasteiger partial charge in [0.2, 0.25) is 0 Å². The van der Waals surface area contributed by atoms with Gasteiger partial charge in [0, 0.05) is 5.54 Å². The van der Waals surface area contributed by atoms with Crippen molar-refractivity contribution in [3.8, 4) is 0 Å². The molecule has 0 bridgehead atoms. The van der Waals surface area contributed by atoms with E-state index in [9.17, 15) is 13.2 Å². The quantitative estimate of drug-likeness (QED) is 0.657. The molecule has 0 radical (unpaired) electrons. The number of hydrogen-bond donors (Lipinski definition) is 1. The molecule has 0 heterocycles. The molecular weight excluding hydrogens is 318 g/mol. The summed E-state index contributed by atoms with van der Waals surface area (Å²) in [4.78, 5) is 21.6. The van der Waals surface area contributed by atoms with Gasteiger partial charge in [-0.1, -0.05) is 12.1 Å². The van der Waals surface area contributed by atoms with Crippen LogP contribution >= 0.6 is 0 Å². The first-order chi connectivity index (χ1) is 10.6. The molecule has 0 saturated heterocycles. The van der Waals surface area contributed by atoms with Crippen LogP contribution in [-0.4, -0.2) is 25.3 Å². The molecule has 0 aromatic heterocycles. The Kier molecular flexibility index (Phi) is 5.01. The number of hydrogen-bond acceptors (Lipinski definition) is 5. The SMILES string of the molecule is CC(OOC(=O)NC(C)(C)C)c1ccc(S(=O)(=O)C2CC2)cc1. The average molecular weight is 341 g/mol. The van der Waals surface area contributed by atoms with Crippen LogP contribution in [0.15, 0.2) is 29.2 Å². The van der Waals surface area contributed by atoms with Gasteiger partial charge in [0.15, 0.2) is 9.84 Å². The second-order valence-electron chi connectivity index (χ2n) is 6.80. The number of benzene rings is 1. The fourth-order valence-corrected chi connectivity index (χ4v) is 3.65. The monoisotopic (exact) mass is 341 g/mol. The standard InChI is InChI=1S/C16H23NO5S/c1-11(21-22-15(18)17-16(2,3)4)12-5-7-13(8-6-12)23(19,20)14-9-10-14/h5-8,11,14H,9-10H2,1-4H3,(H,17,18). The van der Waals surface area contributed by atoms with E-state index in [1.54, 1.807) is 31.2 Å². The van der Waals surface area contributed by atoms with Gasteiger partial charge < -0.3 is 5.32 Å². The van der Waals surface area contributed by atoms with E-state index in [-0.39, 0.29) is 5.25 Å². The first-order valence-corrected chi connectivity index (χ1v) is 9.13. The van der Waals surface area contributed by atoms with Crippen LogP contribution in [0.5, 0.6) is 0 Å². The number of nitrogens with one attached hydrogen (secondary N) is 1. The lowest BCUT2D eigenvalue weighted by atomic mass is 10.1. The third kappa shape index (κ3) is 4.94. The molecule has 1 fully saturated rings. The number of rotatable bonds is 5. The van der Waals surface area contributed by atoms with Gasteiger partial charge in [-0.3, -0.25) is 4.89 Å². The summed E-state index contributed by atoms with van der Waals surface area (Å²) in [5.74, 6) is 0. The molecule has 1 amide bonds. The lowest BCUT2D eigenvalue weighted by Gasteiger charge is -2.20. The number of sulfone groups is 1. The molecule has 128 valence electrons. The van der Waals surface area contributed by atoms with Crippen LogP contribution in [0.4, 0.5) is 4.79 Å². The zero-order valence-electron chi connectivity index (χ0n) is 13.8. The van der Waals surface area contributed by atoms with Crippen molar-refractivity contribution in [3.63, 3.8) is 0 Å². The highest BCUT2D eigenvalue weighted by Crippen LogP contribution is 2.33. The van der Waals surface area contributed by atoms with Crippen molar-refractivity contribution in [1.29, 1.82) is 0 Å². The van der Waals surface area contributed by atoms with Gasteiger partial charge in [0.05, 0.1) is 10.1 Å². The van der Waals surface area contributed by atoms with Crippen molar-refractivity contribution in [2.24, 2.45) is 0 Å². The van der Waals surface area contributed by atoms with Crippen LogP contribution in [0.1, 0.15) is 52.2 Å². The Hall–Kier alpha value is -1.60.